The van der Waals surface area contributed by atoms with Crippen LogP contribution in [-0.4, -0.2) is 38.5 Å². The number of nitrogens with zero attached hydrogens (tertiary/aromatic N) is 1. The number of rotatable bonds is 4. The van der Waals surface area contributed by atoms with Gasteiger partial charge in [-0.3, -0.25) is 0 Å². The highest BCUT2D eigenvalue weighted by molar-refractivity contribution is 7.89. The molecule has 1 aromatic carbocycles. The van der Waals surface area contributed by atoms with Crippen molar-refractivity contribution in [3.05, 3.63) is 23.8 Å². The highest BCUT2D eigenvalue weighted by Crippen LogP contribution is 2.29. The van der Waals surface area contributed by atoms with Crippen LogP contribution in [0.15, 0.2) is 23.1 Å². The van der Waals surface area contributed by atoms with Gasteiger partial charge in [0.15, 0.2) is 0 Å². The number of aryl methyl sites for hydroxylation is 1. The number of benzene rings is 1. The van der Waals surface area contributed by atoms with Crippen molar-refractivity contribution in [2.45, 2.75) is 50.1 Å². The fourth-order valence-corrected chi connectivity index (χ4v) is 4.76. The van der Waals surface area contributed by atoms with E-state index in [1.54, 1.807) is 29.6 Å². The molecule has 5 nitrogen and oxygen atoms in total. The summed E-state index contributed by atoms with van der Waals surface area (Å²) >= 11 is 0. The van der Waals surface area contributed by atoms with Crippen molar-refractivity contribution < 1.29 is 13.2 Å². The van der Waals surface area contributed by atoms with Crippen molar-refractivity contribution in [2.75, 3.05) is 13.7 Å². The molecule has 1 heterocycles. The van der Waals surface area contributed by atoms with Gasteiger partial charge in [0, 0.05) is 18.6 Å². The van der Waals surface area contributed by atoms with E-state index < -0.39 is 10.0 Å². The molecule has 0 amide bonds. The number of hydrogen-bond acceptors (Lipinski definition) is 4. The predicted octanol–water partition coefficient (Wildman–Crippen LogP) is 1.89. The van der Waals surface area contributed by atoms with Gasteiger partial charge in [-0.2, -0.15) is 4.31 Å². The van der Waals surface area contributed by atoms with Crippen LogP contribution in [0.2, 0.25) is 0 Å². The number of nitrogens with two attached hydrogens (primary N) is 1. The average Bonchev–Trinajstić information content (AvgIpc) is 2.47. The summed E-state index contributed by atoms with van der Waals surface area (Å²) in [6, 6.07) is 4.69. The van der Waals surface area contributed by atoms with Crippen molar-refractivity contribution >= 4 is 10.0 Å². The molecule has 1 aliphatic rings. The Morgan fingerprint density at radius 1 is 1.38 bits per heavy atom. The first-order valence-corrected chi connectivity index (χ1v) is 8.74. The minimum atomic E-state index is -3.51. The summed E-state index contributed by atoms with van der Waals surface area (Å²) in [4.78, 5) is 0.313. The Morgan fingerprint density at radius 3 is 2.67 bits per heavy atom. The van der Waals surface area contributed by atoms with E-state index in [2.05, 4.69) is 0 Å². The zero-order valence-corrected chi connectivity index (χ0v) is 13.7. The minimum absolute atomic E-state index is 0.119. The van der Waals surface area contributed by atoms with E-state index in [0.717, 1.165) is 24.8 Å². The molecule has 1 saturated heterocycles. The van der Waals surface area contributed by atoms with Gasteiger partial charge in [0.05, 0.1) is 12.0 Å². The summed E-state index contributed by atoms with van der Waals surface area (Å²) in [5.41, 5.74) is 6.79. The molecule has 1 aliphatic heterocycles. The molecular formula is C15H24N2O3S. The molecule has 0 aromatic heterocycles. The Balaban J connectivity index is 2.38. The lowest BCUT2D eigenvalue weighted by Crippen LogP contribution is -2.51. The van der Waals surface area contributed by atoms with E-state index in [1.807, 2.05) is 13.8 Å². The molecule has 2 rings (SSSR count). The number of piperidine rings is 1. The Bertz CT molecular complexity index is 599. The molecule has 0 saturated carbocycles. The molecule has 1 fully saturated rings. The Labute approximate surface area is 127 Å². The molecule has 0 radical (unpaired) electrons. The highest BCUT2D eigenvalue weighted by Gasteiger charge is 2.35. The van der Waals surface area contributed by atoms with Crippen LogP contribution in [0.4, 0.5) is 0 Å². The maximum atomic E-state index is 12.9. The molecule has 2 unspecified atom stereocenters. The zero-order chi connectivity index (χ0) is 15.6. The third-order valence-electron chi connectivity index (χ3n) is 4.08. The van der Waals surface area contributed by atoms with Crippen LogP contribution in [0.1, 0.15) is 31.7 Å². The first-order chi connectivity index (χ1) is 9.87. The second kappa shape index (κ2) is 6.34. The number of hydrogen-bond donors (Lipinski definition) is 1. The standard InChI is InChI=1S/C15H24N2O3S/c1-11-10-13(7-8-15(11)20-3)21(18,19)17-9-5-4-6-14(17)12(2)16/h7-8,10,12,14H,4-6,9,16H2,1-3H3. The Hall–Kier alpha value is -1.11. The summed E-state index contributed by atoms with van der Waals surface area (Å²) in [5.74, 6) is 0.691. The van der Waals surface area contributed by atoms with Gasteiger partial charge in [0.2, 0.25) is 10.0 Å². The van der Waals surface area contributed by atoms with Crippen LogP contribution in [0, 0.1) is 6.92 Å². The van der Waals surface area contributed by atoms with E-state index >= 15 is 0 Å². The van der Waals surface area contributed by atoms with Crippen LogP contribution in [0.3, 0.4) is 0 Å². The molecule has 1 aromatic rings. The quantitative estimate of drug-likeness (QED) is 0.921. The van der Waals surface area contributed by atoms with Gasteiger partial charge in [0.25, 0.3) is 0 Å². The molecule has 21 heavy (non-hydrogen) atoms. The number of methoxy groups -OCH3 is 1. The largest absolute Gasteiger partial charge is 0.496 e. The predicted molar refractivity (Wildman–Crippen MR) is 82.9 cm³/mol. The lowest BCUT2D eigenvalue weighted by Gasteiger charge is -2.37. The third kappa shape index (κ3) is 3.22. The summed E-state index contributed by atoms with van der Waals surface area (Å²) < 4.78 is 32.5. The summed E-state index contributed by atoms with van der Waals surface area (Å²) in [6.07, 6.45) is 2.74. The Kier molecular flexibility index (Phi) is 4.91. The molecule has 0 spiro atoms. The van der Waals surface area contributed by atoms with E-state index in [0.29, 0.717) is 17.2 Å². The summed E-state index contributed by atoms with van der Waals surface area (Å²) in [6.45, 7) is 4.26. The van der Waals surface area contributed by atoms with Crippen LogP contribution in [0.5, 0.6) is 5.75 Å². The van der Waals surface area contributed by atoms with Crippen LogP contribution in [0.25, 0.3) is 0 Å². The van der Waals surface area contributed by atoms with E-state index in [9.17, 15) is 8.42 Å². The molecule has 118 valence electrons. The molecule has 0 aliphatic carbocycles. The second-order valence-corrected chi connectivity index (χ2v) is 7.56. The maximum absolute atomic E-state index is 12.9. The van der Waals surface area contributed by atoms with Gasteiger partial charge in [-0.05, 0) is 50.5 Å². The molecular weight excluding hydrogens is 288 g/mol. The van der Waals surface area contributed by atoms with Gasteiger partial charge < -0.3 is 10.5 Å². The fraction of sp³-hybridized carbons (Fsp3) is 0.600. The topological polar surface area (TPSA) is 72.6 Å². The van der Waals surface area contributed by atoms with E-state index in [-0.39, 0.29) is 12.1 Å². The smallest absolute Gasteiger partial charge is 0.243 e. The van der Waals surface area contributed by atoms with E-state index in [4.69, 9.17) is 10.5 Å². The van der Waals surface area contributed by atoms with Crippen molar-refractivity contribution in [2.24, 2.45) is 5.73 Å². The SMILES string of the molecule is COc1ccc(S(=O)(=O)N2CCCCC2C(C)N)cc1C. The lowest BCUT2D eigenvalue weighted by molar-refractivity contribution is 0.227. The summed E-state index contributed by atoms with van der Waals surface area (Å²) in [7, 11) is -1.93. The molecule has 0 bridgehead atoms. The Morgan fingerprint density at radius 2 is 2.10 bits per heavy atom. The van der Waals surface area contributed by atoms with Gasteiger partial charge in [-0.1, -0.05) is 6.42 Å². The van der Waals surface area contributed by atoms with Crippen LogP contribution < -0.4 is 10.5 Å². The minimum Gasteiger partial charge on any atom is -0.496 e. The van der Waals surface area contributed by atoms with E-state index in [1.165, 1.54) is 0 Å². The van der Waals surface area contributed by atoms with Gasteiger partial charge in [0.1, 0.15) is 5.75 Å². The second-order valence-electron chi connectivity index (χ2n) is 5.67. The fourth-order valence-electron chi connectivity index (χ4n) is 2.90. The highest BCUT2D eigenvalue weighted by atomic mass is 32.2. The molecule has 2 atom stereocenters. The monoisotopic (exact) mass is 312 g/mol. The van der Waals surface area contributed by atoms with Gasteiger partial charge in [-0.25, -0.2) is 8.42 Å². The average molecular weight is 312 g/mol. The van der Waals surface area contributed by atoms with Crippen molar-refractivity contribution in [1.82, 2.24) is 4.31 Å². The first-order valence-electron chi connectivity index (χ1n) is 7.30. The third-order valence-corrected chi connectivity index (χ3v) is 6.00. The lowest BCUT2D eigenvalue weighted by atomic mass is 10.00. The molecule has 6 heteroatoms. The van der Waals surface area contributed by atoms with Crippen molar-refractivity contribution in [3.8, 4) is 5.75 Å². The van der Waals surface area contributed by atoms with Crippen molar-refractivity contribution in [1.29, 1.82) is 0 Å². The zero-order valence-electron chi connectivity index (χ0n) is 12.9. The first kappa shape index (κ1) is 16.3. The van der Waals surface area contributed by atoms with Gasteiger partial charge >= 0.3 is 0 Å². The number of ether oxygens (including phenoxy) is 1. The number of sulfonamides is 1. The normalized spacial score (nSPS) is 22.0. The summed E-state index contributed by atoms with van der Waals surface area (Å²) in [5, 5.41) is 0. The van der Waals surface area contributed by atoms with Crippen molar-refractivity contribution in [3.63, 3.8) is 0 Å². The maximum Gasteiger partial charge on any atom is 0.243 e. The van der Waals surface area contributed by atoms with Crippen LogP contribution >= 0.6 is 0 Å². The van der Waals surface area contributed by atoms with Gasteiger partial charge in [-0.15, -0.1) is 0 Å². The van der Waals surface area contributed by atoms with Crippen LogP contribution in [-0.2, 0) is 10.0 Å². The molecule has 2 N–H and O–H groups in total.